The number of hydrogen-bond donors (Lipinski definition) is 1. The molecule has 130 valence electrons. The molecule has 2 aromatic carbocycles. The van der Waals surface area contributed by atoms with E-state index in [4.69, 9.17) is 0 Å². The van der Waals surface area contributed by atoms with Gasteiger partial charge < -0.3 is 5.11 Å². The van der Waals surface area contributed by atoms with E-state index in [0.29, 0.717) is 12.8 Å². The lowest BCUT2D eigenvalue weighted by atomic mass is 10.0. The number of aromatic nitrogens is 2. The molecule has 0 aliphatic rings. The van der Waals surface area contributed by atoms with Gasteiger partial charge in [-0.25, -0.2) is 0 Å². The van der Waals surface area contributed by atoms with Crippen molar-refractivity contribution in [1.29, 1.82) is 0 Å². The summed E-state index contributed by atoms with van der Waals surface area (Å²) in [7, 11) is 0. The smallest absolute Gasteiger partial charge is 0.130 e. The second kappa shape index (κ2) is 7.72. The second-order valence-electron chi connectivity index (χ2n) is 6.37. The Morgan fingerprint density at radius 2 is 1.74 bits per heavy atom. The molecule has 0 radical (unpaired) electrons. The van der Waals surface area contributed by atoms with Crippen LogP contribution in [0.4, 0.5) is 0 Å². The van der Waals surface area contributed by atoms with Crippen LogP contribution in [-0.4, -0.2) is 15.1 Å². The highest BCUT2D eigenvalue weighted by atomic mass is 16.3. The van der Waals surface area contributed by atoms with Crippen molar-refractivity contribution in [2.45, 2.75) is 12.8 Å². The van der Waals surface area contributed by atoms with Crippen molar-refractivity contribution in [3.8, 4) is 17.6 Å². The molecule has 3 heteroatoms. The Balaban J connectivity index is 1.62. The number of benzene rings is 2. The van der Waals surface area contributed by atoms with Crippen molar-refractivity contribution >= 4 is 10.9 Å². The Morgan fingerprint density at radius 1 is 0.889 bits per heavy atom. The van der Waals surface area contributed by atoms with Crippen LogP contribution in [0.3, 0.4) is 0 Å². The number of fused-ring (bicyclic) bond motifs is 1. The van der Waals surface area contributed by atoms with Gasteiger partial charge in [-0.2, -0.15) is 0 Å². The van der Waals surface area contributed by atoms with Gasteiger partial charge >= 0.3 is 0 Å². The molecule has 0 spiro atoms. The zero-order valence-corrected chi connectivity index (χ0v) is 14.8. The van der Waals surface area contributed by atoms with E-state index in [1.54, 1.807) is 12.4 Å². The summed E-state index contributed by atoms with van der Waals surface area (Å²) in [5.74, 6) is 6.61. The number of pyridine rings is 2. The molecule has 0 amide bonds. The summed E-state index contributed by atoms with van der Waals surface area (Å²) in [5.41, 5.74) is 4.67. The molecule has 0 atom stereocenters. The molecule has 0 aliphatic carbocycles. The third kappa shape index (κ3) is 3.96. The first-order valence-corrected chi connectivity index (χ1v) is 8.82. The third-order valence-electron chi connectivity index (χ3n) is 4.40. The lowest BCUT2D eigenvalue weighted by Crippen LogP contribution is -1.92. The van der Waals surface area contributed by atoms with Crippen LogP contribution in [0.15, 0.2) is 79.3 Å². The lowest BCUT2D eigenvalue weighted by molar-refractivity contribution is 0.475. The molecule has 2 aromatic heterocycles. The Kier molecular flexibility index (Phi) is 4.80. The predicted molar refractivity (Wildman–Crippen MR) is 107 cm³/mol. The van der Waals surface area contributed by atoms with Gasteiger partial charge in [0.25, 0.3) is 0 Å². The molecule has 3 nitrogen and oxygen atoms in total. The average molecular weight is 350 g/mol. The molecule has 0 bridgehead atoms. The van der Waals surface area contributed by atoms with E-state index < -0.39 is 0 Å². The molecular weight excluding hydrogens is 332 g/mol. The van der Waals surface area contributed by atoms with Gasteiger partial charge in [0.1, 0.15) is 5.75 Å². The van der Waals surface area contributed by atoms with Gasteiger partial charge in [0.15, 0.2) is 0 Å². The minimum absolute atomic E-state index is 0.278. The van der Waals surface area contributed by atoms with Crippen molar-refractivity contribution in [2.24, 2.45) is 0 Å². The maximum atomic E-state index is 10.7. The van der Waals surface area contributed by atoms with Crippen molar-refractivity contribution in [2.75, 3.05) is 0 Å². The maximum Gasteiger partial charge on any atom is 0.130 e. The van der Waals surface area contributed by atoms with Crippen LogP contribution in [-0.2, 0) is 12.8 Å². The standard InChI is InChI=1S/C24H18N2O/c27-24-21(14-18-6-2-1-3-7-18)17-26-23-12-11-19(15-22(23)24)8-4-9-20-10-5-13-25-16-20/h1-3,5-7,10-13,15-17H,9,14H2,(H,26,27). The van der Waals surface area contributed by atoms with E-state index in [9.17, 15) is 5.11 Å². The quantitative estimate of drug-likeness (QED) is 0.553. The van der Waals surface area contributed by atoms with E-state index in [1.165, 1.54) is 0 Å². The minimum atomic E-state index is 0.278. The Hall–Kier alpha value is -3.64. The van der Waals surface area contributed by atoms with Crippen molar-refractivity contribution in [3.63, 3.8) is 0 Å². The number of hydrogen-bond acceptors (Lipinski definition) is 3. The molecule has 4 aromatic rings. The second-order valence-corrected chi connectivity index (χ2v) is 6.37. The maximum absolute atomic E-state index is 10.7. The number of nitrogens with zero attached hydrogens (tertiary/aromatic N) is 2. The predicted octanol–water partition coefficient (Wildman–Crippen LogP) is 4.52. The summed E-state index contributed by atoms with van der Waals surface area (Å²) in [5, 5.41) is 11.5. The molecule has 4 rings (SSSR count). The van der Waals surface area contributed by atoms with E-state index in [-0.39, 0.29) is 5.75 Å². The molecule has 0 aliphatic heterocycles. The van der Waals surface area contributed by atoms with Gasteiger partial charge in [0.05, 0.1) is 5.52 Å². The Labute approximate surface area is 158 Å². The zero-order valence-electron chi connectivity index (χ0n) is 14.8. The first-order chi connectivity index (χ1) is 13.3. The number of rotatable bonds is 3. The fraction of sp³-hybridized carbons (Fsp3) is 0.0833. The van der Waals surface area contributed by atoms with Crippen LogP contribution in [0.1, 0.15) is 22.3 Å². The molecule has 0 saturated carbocycles. The normalized spacial score (nSPS) is 10.4. The summed E-state index contributed by atoms with van der Waals surface area (Å²) < 4.78 is 0. The molecule has 0 unspecified atom stereocenters. The topological polar surface area (TPSA) is 46.0 Å². The summed E-state index contributed by atoms with van der Waals surface area (Å²) in [6.07, 6.45) is 6.61. The summed E-state index contributed by atoms with van der Waals surface area (Å²) in [4.78, 5) is 8.59. The van der Waals surface area contributed by atoms with E-state index in [0.717, 1.165) is 33.2 Å². The van der Waals surface area contributed by atoms with Crippen LogP contribution < -0.4 is 0 Å². The van der Waals surface area contributed by atoms with Crippen molar-refractivity contribution in [3.05, 3.63) is 102 Å². The van der Waals surface area contributed by atoms with Gasteiger partial charge in [0.2, 0.25) is 0 Å². The van der Waals surface area contributed by atoms with Crippen LogP contribution in [0.5, 0.6) is 5.75 Å². The molecular formula is C24H18N2O. The van der Waals surface area contributed by atoms with Crippen LogP contribution in [0.25, 0.3) is 10.9 Å². The summed E-state index contributed by atoms with van der Waals surface area (Å²) in [6.45, 7) is 0. The zero-order chi connectivity index (χ0) is 18.5. The number of aromatic hydroxyl groups is 1. The molecule has 27 heavy (non-hydrogen) atoms. The first-order valence-electron chi connectivity index (χ1n) is 8.82. The molecule has 0 saturated heterocycles. The van der Waals surface area contributed by atoms with Crippen LogP contribution >= 0.6 is 0 Å². The SMILES string of the molecule is Oc1c(Cc2ccccc2)cnc2ccc(C#CCc3cccnc3)cc12. The lowest BCUT2D eigenvalue weighted by Gasteiger charge is -2.08. The highest BCUT2D eigenvalue weighted by Crippen LogP contribution is 2.29. The van der Waals surface area contributed by atoms with E-state index in [1.807, 2.05) is 66.9 Å². The fourth-order valence-corrected chi connectivity index (χ4v) is 2.99. The van der Waals surface area contributed by atoms with Crippen molar-refractivity contribution in [1.82, 2.24) is 9.97 Å². The van der Waals surface area contributed by atoms with Gasteiger partial charge in [-0.1, -0.05) is 48.2 Å². The van der Waals surface area contributed by atoms with Gasteiger partial charge in [-0.05, 0) is 35.4 Å². The monoisotopic (exact) mass is 350 g/mol. The van der Waals surface area contributed by atoms with Crippen molar-refractivity contribution < 1.29 is 5.11 Å². The largest absolute Gasteiger partial charge is 0.507 e. The Bertz CT molecular complexity index is 1130. The molecule has 0 fully saturated rings. The van der Waals surface area contributed by atoms with Crippen LogP contribution in [0, 0.1) is 11.8 Å². The molecule has 1 N–H and O–H groups in total. The summed E-state index contributed by atoms with van der Waals surface area (Å²) in [6, 6.07) is 19.7. The average Bonchev–Trinajstić information content (AvgIpc) is 2.72. The Morgan fingerprint density at radius 3 is 2.56 bits per heavy atom. The highest BCUT2D eigenvalue weighted by Gasteiger charge is 2.09. The minimum Gasteiger partial charge on any atom is -0.507 e. The van der Waals surface area contributed by atoms with Gasteiger partial charge in [0, 0.05) is 47.9 Å². The fourth-order valence-electron chi connectivity index (χ4n) is 2.99. The van der Waals surface area contributed by atoms with E-state index >= 15 is 0 Å². The van der Waals surface area contributed by atoms with Gasteiger partial charge in [-0.15, -0.1) is 0 Å². The molecule has 2 heterocycles. The van der Waals surface area contributed by atoms with Crippen LogP contribution in [0.2, 0.25) is 0 Å². The first kappa shape index (κ1) is 16.8. The van der Waals surface area contributed by atoms with E-state index in [2.05, 4.69) is 21.8 Å². The third-order valence-corrected chi connectivity index (χ3v) is 4.40. The van der Waals surface area contributed by atoms with Gasteiger partial charge in [-0.3, -0.25) is 9.97 Å². The summed E-state index contributed by atoms with van der Waals surface area (Å²) >= 11 is 0. The highest BCUT2D eigenvalue weighted by molar-refractivity contribution is 5.87.